The lowest BCUT2D eigenvalue weighted by Crippen LogP contribution is -2.16. The summed E-state index contributed by atoms with van der Waals surface area (Å²) in [5.74, 6) is -3.30. The highest BCUT2D eigenvalue weighted by atomic mass is 32.1. The number of fused-ring (bicyclic) bond motifs is 1. The molecule has 132 valence electrons. The van der Waals surface area contributed by atoms with Gasteiger partial charge >= 0.3 is 5.97 Å². The smallest absolute Gasteiger partial charge is 0.342 e. The van der Waals surface area contributed by atoms with Crippen molar-refractivity contribution in [1.82, 2.24) is 4.98 Å². The second-order valence-corrected chi connectivity index (χ2v) is 7.01. The van der Waals surface area contributed by atoms with Gasteiger partial charge in [0.1, 0.15) is 16.9 Å². The number of thiazole rings is 1. The van der Waals surface area contributed by atoms with E-state index in [1.54, 1.807) is 20.8 Å². The van der Waals surface area contributed by atoms with Gasteiger partial charge in [-0.25, -0.2) is 18.6 Å². The number of carbonyl (C=O) groups excluding carboxylic acids is 1. The van der Waals surface area contributed by atoms with Gasteiger partial charge in [-0.2, -0.15) is 0 Å². The maximum Gasteiger partial charge on any atom is 0.342 e. The molecule has 0 amide bonds. The van der Waals surface area contributed by atoms with Crippen molar-refractivity contribution in [3.8, 4) is 0 Å². The number of rotatable bonds is 5. The Labute approximate surface area is 147 Å². The highest BCUT2D eigenvalue weighted by Gasteiger charge is 2.34. The number of furan rings is 1. The van der Waals surface area contributed by atoms with Crippen LogP contribution in [0.4, 0.5) is 8.78 Å². The van der Waals surface area contributed by atoms with Gasteiger partial charge in [0.15, 0.2) is 0 Å². The molecule has 0 radical (unpaired) electrons. The van der Waals surface area contributed by atoms with E-state index in [-0.39, 0.29) is 17.7 Å². The molecule has 0 fully saturated rings. The summed E-state index contributed by atoms with van der Waals surface area (Å²) in [7, 11) is 0. The number of carbonyl (C=O) groups is 1. The highest BCUT2D eigenvalue weighted by Crippen LogP contribution is 2.37. The number of hydrogen-bond acceptors (Lipinski definition) is 5. The van der Waals surface area contributed by atoms with Crippen LogP contribution in [-0.4, -0.2) is 17.6 Å². The summed E-state index contributed by atoms with van der Waals surface area (Å²) in [6.07, 6.45) is 1.04. The first-order valence-electron chi connectivity index (χ1n) is 7.81. The Morgan fingerprint density at radius 3 is 2.76 bits per heavy atom. The molecule has 1 aromatic carbocycles. The molecule has 0 unspecified atom stereocenters. The first-order chi connectivity index (χ1) is 11.8. The van der Waals surface area contributed by atoms with E-state index in [2.05, 4.69) is 4.98 Å². The summed E-state index contributed by atoms with van der Waals surface area (Å²) in [5.41, 5.74) is 0.411. The van der Waals surface area contributed by atoms with Crippen molar-refractivity contribution in [3.63, 3.8) is 0 Å². The number of ether oxygens (including phenoxy) is 1. The fraction of sp³-hybridized carbons (Fsp3) is 0.333. The van der Waals surface area contributed by atoms with Gasteiger partial charge in [-0.15, -0.1) is 11.3 Å². The first kappa shape index (κ1) is 17.5. The van der Waals surface area contributed by atoms with Crippen LogP contribution in [0, 0.1) is 13.8 Å². The van der Waals surface area contributed by atoms with Gasteiger partial charge in [0.2, 0.25) is 0 Å². The van der Waals surface area contributed by atoms with Crippen molar-refractivity contribution in [3.05, 3.63) is 51.2 Å². The third-order valence-corrected chi connectivity index (χ3v) is 4.74. The molecular weight excluding hydrogens is 348 g/mol. The number of halogens is 2. The van der Waals surface area contributed by atoms with Crippen molar-refractivity contribution < 1.29 is 22.7 Å². The summed E-state index contributed by atoms with van der Waals surface area (Å²) in [6.45, 7) is 5.28. The second kappa shape index (κ2) is 6.55. The van der Waals surface area contributed by atoms with Gasteiger partial charge in [0.05, 0.1) is 18.0 Å². The van der Waals surface area contributed by atoms with Gasteiger partial charge in [-0.1, -0.05) is 0 Å². The number of esters is 1. The largest absolute Gasteiger partial charge is 0.462 e. The van der Waals surface area contributed by atoms with E-state index in [1.165, 1.54) is 35.7 Å². The van der Waals surface area contributed by atoms with Crippen LogP contribution < -0.4 is 0 Å². The van der Waals surface area contributed by atoms with Crippen molar-refractivity contribution >= 4 is 28.3 Å². The van der Waals surface area contributed by atoms with Gasteiger partial charge in [-0.3, -0.25) is 0 Å². The maximum atomic E-state index is 14.7. The number of aromatic nitrogens is 1. The van der Waals surface area contributed by atoms with Crippen molar-refractivity contribution in [2.24, 2.45) is 0 Å². The quantitative estimate of drug-likeness (QED) is 0.596. The van der Waals surface area contributed by atoms with Gasteiger partial charge in [0.25, 0.3) is 5.92 Å². The average Bonchev–Trinajstić information content (AvgIpc) is 3.08. The lowest BCUT2D eigenvalue weighted by Gasteiger charge is -2.15. The molecule has 0 N–H and O–H groups in total. The monoisotopic (exact) mass is 365 g/mol. The van der Waals surface area contributed by atoms with Gasteiger partial charge in [-0.05, 0) is 39.0 Å². The third-order valence-electron chi connectivity index (χ3n) is 3.83. The van der Waals surface area contributed by atoms with E-state index in [9.17, 15) is 13.6 Å². The van der Waals surface area contributed by atoms with E-state index in [0.717, 1.165) is 5.01 Å². The van der Waals surface area contributed by atoms with Crippen LogP contribution in [0.25, 0.3) is 11.0 Å². The Morgan fingerprint density at radius 1 is 1.36 bits per heavy atom. The Kier molecular flexibility index (Phi) is 4.60. The van der Waals surface area contributed by atoms with Crippen LogP contribution in [0.1, 0.15) is 38.5 Å². The number of benzene rings is 1. The molecule has 2 aromatic heterocycles. The SMILES string of the molecule is CCOC(=O)c1c(C)oc2ccc(C(F)(F)Cc3cnc(C)s3)cc12. The summed E-state index contributed by atoms with van der Waals surface area (Å²) < 4.78 is 39.9. The number of nitrogens with zero attached hydrogens (tertiary/aromatic N) is 1. The molecule has 3 aromatic rings. The minimum Gasteiger partial charge on any atom is -0.462 e. The number of hydrogen-bond donors (Lipinski definition) is 0. The standard InChI is InChI=1S/C18H17F2NO3S/c1-4-23-17(22)16-10(2)24-15-6-5-12(7-14(15)16)18(19,20)8-13-9-21-11(3)25-13/h5-7,9H,4,8H2,1-3H3. The van der Waals surface area contributed by atoms with Crippen molar-refractivity contribution in [1.29, 1.82) is 0 Å². The summed E-state index contributed by atoms with van der Waals surface area (Å²) >= 11 is 1.25. The minimum absolute atomic E-state index is 0.169. The van der Waals surface area contributed by atoms with E-state index in [1.807, 2.05) is 0 Å². The predicted molar refractivity (Wildman–Crippen MR) is 91.4 cm³/mol. The topological polar surface area (TPSA) is 52.3 Å². The molecule has 0 aliphatic rings. The molecule has 2 heterocycles. The third kappa shape index (κ3) is 3.42. The normalized spacial score (nSPS) is 11.9. The molecule has 0 saturated carbocycles. The minimum atomic E-state index is -3.08. The Bertz CT molecular complexity index is 930. The fourth-order valence-corrected chi connectivity index (χ4v) is 3.56. The Balaban J connectivity index is 2.02. The summed E-state index contributed by atoms with van der Waals surface area (Å²) in [5, 5.41) is 1.09. The zero-order chi connectivity index (χ0) is 18.2. The van der Waals surface area contributed by atoms with Crippen LogP contribution in [0.5, 0.6) is 0 Å². The molecule has 0 bridgehead atoms. The molecule has 3 rings (SSSR count). The van der Waals surface area contributed by atoms with Crippen LogP contribution >= 0.6 is 11.3 Å². The van der Waals surface area contributed by atoms with Gasteiger partial charge in [0, 0.05) is 22.0 Å². The molecule has 25 heavy (non-hydrogen) atoms. The van der Waals surface area contributed by atoms with E-state index < -0.39 is 18.3 Å². The zero-order valence-electron chi connectivity index (χ0n) is 14.1. The van der Waals surface area contributed by atoms with E-state index in [4.69, 9.17) is 9.15 Å². The molecule has 0 atom stereocenters. The van der Waals surface area contributed by atoms with Crippen LogP contribution in [0.2, 0.25) is 0 Å². The molecule has 0 aliphatic heterocycles. The van der Waals surface area contributed by atoms with Crippen LogP contribution in [0.3, 0.4) is 0 Å². The Hall–Kier alpha value is -2.28. The molecule has 0 saturated heterocycles. The summed E-state index contributed by atoms with van der Waals surface area (Å²) in [6, 6.07) is 4.10. The van der Waals surface area contributed by atoms with Crippen LogP contribution in [0.15, 0.2) is 28.8 Å². The maximum absolute atomic E-state index is 14.7. The van der Waals surface area contributed by atoms with E-state index in [0.29, 0.717) is 21.6 Å². The predicted octanol–water partition coefficient (Wildman–Crippen LogP) is 5.02. The van der Waals surface area contributed by atoms with E-state index >= 15 is 0 Å². The van der Waals surface area contributed by atoms with Crippen molar-refractivity contribution in [2.75, 3.05) is 6.61 Å². The summed E-state index contributed by atoms with van der Waals surface area (Å²) in [4.78, 5) is 16.6. The average molecular weight is 365 g/mol. The Morgan fingerprint density at radius 2 is 2.12 bits per heavy atom. The molecular formula is C18H17F2NO3S. The first-order valence-corrected chi connectivity index (χ1v) is 8.63. The molecule has 4 nitrogen and oxygen atoms in total. The van der Waals surface area contributed by atoms with Crippen LogP contribution in [-0.2, 0) is 17.1 Å². The second-order valence-electron chi connectivity index (χ2n) is 5.69. The molecule has 0 spiro atoms. The number of alkyl halides is 2. The van der Waals surface area contributed by atoms with Gasteiger partial charge < -0.3 is 9.15 Å². The highest BCUT2D eigenvalue weighted by molar-refractivity contribution is 7.11. The number of aryl methyl sites for hydroxylation is 2. The molecule has 7 heteroatoms. The lowest BCUT2D eigenvalue weighted by atomic mass is 10.0. The van der Waals surface area contributed by atoms with Crippen molar-refractivity contribution in [2.45, 2.75) is 33.1 Å². The lowest BCUT2D eigenvalue weighted by molar-refractivity contribution is -0.00296. The zero-order valence-corrected chi connectivity index (χ0v) is 14.9. The fourth-order valence-electron chi connectivity index (χ4n) is 2.71. The molecule has 0 aliphatic carbocycles.